The molecule has 0 saturated carbocycles. The summed E-state index contributed by atoms with van der Waals surface area (Å²) in [4.78, 5) is 16.4. The van der Waals surface area contributed by atoms with Gasteiger partial charge < -0.3 is 9.64 Å². The molecule has 0 spiro atoms. The normalized spacial score (nSPS) is 15.2. The number of para-hydroxylation sites is 2. The Labute approximate surface area is 185 Å². The van der Waals surface area contributed by atoms with Crippen LogP contribution in [0.25, 0.3) is 6.08 Å². The van der Waals surface area contributed by atoms with Crippen LogP contribution in [0.3, 0.4) is 0 Å². The average Bonchev–Trinajstić information content (AvgIpc) is 2.98. The number of ether oxygens (including phenoxy) is 1. The zero-order chi connectivity index (χ0) is 21.1. The first-order chi connectivity index (χ1) is 14.5. The Morgan fingerprint density at radius 3 is 2.37 bits per heavy atom. The maximum Gasteiger partial charge on any atom is 0.281 e. The molecule has 0 aliphatic carbocycles. The van der Waals surface area contributed by atoms with Gasteiger partial charge in [-0.15, -0.1) is 0 Å². The number of hydrogen-bond donors (Lipinski definition) is 0. The van der Waals surface area contributed by atoms with E-state index in [2.05, 4.69) is 0 Å². The van der Waals surface area contributed by atoms with Gasteiger partial charge in [-0.05, 0) is 54.2 Å². The summed E-state index contributed by atoms with van der Waals surface area (Å²) in [6.07, 6.45) is 1.81. The van der Waals surface area contributed by atoms with Crippen LogP contribution in [0, 0.1) is 0 Å². The van der Waals surface area contributed by atoms with Crippen LogP contribution in [0.1, 0.15) is 11.1 Å². The molecule has 6 heteroatoms. The molecule has 4 nitrogen and oxygen atoms in total. The fourth-order valence-electron chi connectivity index (χ4n) is 3.18. The minimum atomic E-state index is -0.166. The topological polar surface area (TPSA) is 32.8 Å². The van der Waals surface area contributed by atoms with Gasteiger partial charge in [-0.25, -0.2) is 0 Å². The number of nitrogens with zero attached hydrogens (tertiary/aromatic N) is 2. The fourth-order valence-corrected chi connectivity index (χ4v) is 3.59. The van der Waals surface area contributed by atoms with Gasteiger partial charge in [0.2, 0.25) is 0 Å². The number of amides is 1. The molecule has 1 heterocycles. The minimum absolute atomic E-state index is 0.166. The van der Waals surface area contributed by atoms with Gasteiger partial charge in [0.1, 0.15) is 18.1 Å². The number of thiocarbonyl (C=S) groups is 1. The molecule has 150 valence electrons. The van der Waals surface area contributed by atoms with Crippen molar-refractivity contribution in [3.05, 3.63) is 101 Å². The second kappa shape index (κ2) is 8.69. The van der Waals surface area contributed by atoms with Crippen molar-refractivity contribution in [2.45, 2.75) is 6.61 Å². The van der Waals surface area contributed by atoms with E-state index in [1.54, 1.807) is 16.8 Å². The van der Waals surface area contributed by atoms with Crippen molar-refractivity contribution in [3.8, 4) is 5.75 Å². The van der Waals surface area contributed by atoms with Gasteiger partial charge in [0.15, 0.2) is 5.11 Å². The Morgan fingerprint density at radius 2 is 1.63 bits per heavy atom. The molecule has 3 aromatic rings. The number of likely N-dealkylation sites (N-methyl/N-ethyl adjacent to an activating group) is 1. The third-order valence-electron chi connectivity index (χ3n) is 4.80. The predicted octanol–water partition coefficient (Wildman–Crippen LogP) is 5.52. The molecule has 1 aliphatic heterocycles. The maximum atomic E-state index is 13.1. The Kier molecular flexibility index (Phi) is 5.84. The largest absolute Gasteiger partial charge is 0.488 e. The highest BCUT2D eigenvalue weighted by atomic mass is 35.5. The number of benzene rings is 3. The van der Waals surface area contributed by atoms with E-state index < -0.39 is 0 Å². The SMILES string of the molecule is CN1C(=S)N(c2ccccc2)C(=O)/C1=C/c1ccccc1OCc1ccc(Cl)cc1. The number of rotatable bonds is 5. The van der Waals surface area contributed by atoms with Gasteiger partial charge in [-0.3, -0.25) is 9.69 Å². The summed E-state index contributed by atoms with van der Waals surface area (Å²) in [5.74, 6) is 0.520. The Bertz CT molecular complexity index is 1110. The summed E-state index contributed by atoms with van der Waals surface area (Å²) in [5, 5.41) is 1.13. The molecule has 4 rings (SSSR count). The van der Waals surface area contributed by atoms with Crippen LogP contribution in [0.5, 0.6) is 5.75 Å². The van der Waals surface area contributed by atoms with E-state index in [4.69, 9.17) is 28.6 Å². The standard InChI is InChI=1S/C24H19ClN2O2S/c1-26-21(23(28)27(24(26)30)20-8-3-2-4-9-20)15-18-7-5-6-10-22(18)29-16-17-11-13-19(25)14-12-17/h2-15H,16H2,1H3/b21-15-. The molecule has 1 amide bonds. The monoisotopic (exact) mass is 434 g/mol. The molecule has 0 N–H and O–H groups in total. The number of hydrogen-bond acceptors (Lipinski definition) is 3. The third-order valence-corrected chi connectivity index (χ3v) is 5.50. The van der Waals surface area contributed by atoms with Gasteiger partial charge in [0, 0.05) is 17.6 Å². The number of carbonyl (C=O) groups excluding carboxylic acids is 1. The van der Waals surface area contributed by atoms with Gasteiger partial charge in [-0.2, -0.15) is 0 Å². The summed E-state index contributed by atoms with van der Waals surface area (Å²) < 4.78 is 6.02. The van der Waals surface area contributed by atoms with E-state index in [0.29, 0.717) is 28.2 Å². The predicted molar refractivity (Wildman–Crippen MR) is 124 cm³/mol. The van der Waals surface area contributed by atoms with E-state index in [0.717, 1.165) is 16.8 Å². The second-order valence-electron chi connectivity index (χ2n) is 6.80. The van der Waals surface area contributed by atoms with E-state index in [9.17, 15) is 4.79 Å². The van der Waals surface area contributed by atoms with Crippen LogP contribution < -0.4 is 9.64 Å². The van der Waals surface area contributed by atoms with Gasteiger partial charge in [-0.1, -0.05) is 60.1 Å². The molecule has 1 saturated heterocycles. The third kappa shape index (κ3) is 4.08. The number of anilines is 1. The quantitative estimate of drug-likeness (QED) is 0.391. The molecular weight excluding hydrogens is 416 g/mol. The molecule has 0 aromatic heterocycles. The van der Waals surface area contributed by atoms with E-state index in [-0.39, 0.29) is 5.91 Å². The Morgan fingerprint density at radius 1 is 0.967 bits per heavy atom. The average molecular weight is 435 g/mol. The second-order valence-corrected chi connectivity index (χ2v) is 7.60. The first-order valence-electron chi connectivity index (χ1n) is 9.40. The number of halogens is 1. The van der Waals surface area contributed by atoms with Crippen molar-refractivity contribution in [1.29, 1.82) is 0 Å². The molecule has 0 bridgehead atoms. The minimum Gasteiger partial charge on any atom is -0.488 e. The molecule has 0 radical (unpaired) electrons. The highest BCUT2D eigenvalue weighted by molar-refractivity contribution is 7.80. The lowest BCUT2D eigenvalue weighted by Crippen LogP contribution is -2.30. The number of carbonyl (C=O) groups is 1. The van der Waals surface area contributed by atoms with Crippen LogP contribution in [-0.2, 0) is 11.4 Å². The smallest absolute Gasteiger partial charge is 0.281 e. The van der Waals surface area contributed by atoms with Crippen molar-refractivity contribution < 1.29 is 9.53 Å². The van der Waals surface area contributed by atoms with Crippen LogP contribution in [0.15, 0.2) is 84.6 Å². The highest BCUT2D eigenvalue weighted by Gasteiger charge is 2.36. The van der Waals surface area contributed by atoms with Crippen molar-refractivity contribution in [1.82, 2.24) is 4.90 Å². The van der Waals surface area contributed by atoms with Crippen LogP contribution in [-0.4, -0.2) is 23.0 Å². The van der Waals surface area contributed by atoms with Crippen LogP contribution in [0.4, 0.5) is 5.69 Å². The maximum absolute atomic E-state index is 13.1. The fraction of sp³-hybridized carbons (Fsp3) is 0.0833. The summed E-state index contributed by atoms with van der Waals surface area (Å²) in [6, 6.07) is 24.5. The first-order valence-corrected chi connectivity index (χ1v) is 10.2. The van der Waals surface area contributed by atoms with Crippen molar-refractivity contribution >= 4 is 46.6 Å². The summed E-state index contributed by atoms with van der Waals surface area (Å²) in [5.41, 5.74) is 3.05. The first kappa shape index (κ1) is 20.1. The Balaban J connectivity index is 1.61. The molecule has 0 unspecified atom stereocenters. The van der Waals surface area contributed by atoms with Crippen LogP contribution in [0.2, 0.25) is 5.02 Å². The van der Waals surface area contributed by atoms with Gasteiger partial charge in [0.05, 0.1) is 5.69 Å². The van der Waals surface area contributed by atoms with E-state index in [1.165, 1.54) is 0 Å². The molecule has 1 aliphatic rings. The highest BCUT2D eigenvalue weighted by Crippen LogP contribution is 2.30. The summed E-state index contributed by atoms with van der Waals surface area (Å²) in [6.45, 7) is 0.399. The molecule has 30 heavy (non-hydrogen) atoms. The van der Waals surface area contributed by atoms with Gasteiger partial charge >= 0.3 is 0 Å². The Hall–Kier alpha value is -3.15. The van der Waals surface area contributed by atoms with Crippen molar-refractivity contribution in [2.75, 3.05) is 11.9 Å². The summed E-state index contributed by atoms with van der Waals surface area (Å²) >= 11 is 11.5. The van der Waals surface area contributed by atoms with Crippen LogP contribution >= 0.6 is 23.8 Å². The molecule has 0 atom stereocenters. The van der Waals surface area contributed by atoms with E-state index in [1.807, 2.05) is 84.9 Å². The molecule has 1 fully saturated rings. The lowest BCUT2D eigenvalue weighted by Gasteiger charge is -2.16. The zero-order valence-corrected chi connectivity index (χ0v) is 17.9. The van der Waals surface area contributed by atoms with Crippen molar-refractivity contribution in [3.63, 3.8) is 0 Å². The van der Waals surface area contributed by atoms with E-state index >= 15 is 0 Å². The molecule has 3 aromatic carbocycles. The van der Waals surface area contributed by atoms with Gasteiger partial charge in [0.25, 0.3) is 5.91 Å². The zero-order valence-electron chi connectivity index (χ0n) is 16.3. The molecular formula is C24H19ClN2O2S. The van der Waals surface area contributed by atoms with Crippen molar-refractivity contribution in [2.24, 2.45) is 0 Å². The summed E-state index contributed by atoms with van der Waals surface area (Å²) in [7, 11) is 1.80. The lowest BCUT2D eigenvalue weighted by molar-refractivity contribution is -0.114. The lowest BCUT2D eigenvalue weighted by atomic mass is 10.1.